The zero-order chi connectivity index (χ0) is 14.5. The SMILES string of the molecule is CCCC(CC)Nc1nc(NN)nc2sc(CC)cc12. The second-order valence-corrected chi connectivity index (χ2v) is 5.98. The summed E-state index contributed by atoms with van der Waals surface area (Å²) < 4.78 is 0. The number of thiophene rings is 1. The number of aromatic nitrogens is 2. The molecule has 2 aromatic heterocycles. The summed E-state index contributed by atoms with van der Waals surface area (Å²) in [5, 5.41) is 4.64. The summed E-state index contributed by atoms with van der Waals surface area (Å²) in [6.07, 6.45) is 4.39. The van der Waals surface area contributed by atoms with Crippen LogP contribution >= 0.6 is 11.3 Å². The predicted octanol–water partition coefficient (Wildman–Crippen LogP) is 3.53. The van der Waals surface area contributed by atoms with Crippen LogP contribution in [-0.4, -0.2) is 16.0 Å². The summed E-state index contributed by atoms with van der Waals surface area (Å²) in [7, 11) is 0. The van der Waals surface area contributed by atoms with Crippen molar-refractivity contribution in [2.75, 3.05) is 10.7 Å². The number of nitrogen functional groups attached to an aromatic ring is 1. The van der Waals surface area contributed by atoms with Crippen LogP contribution in [0.5, 0.6) is 0 Å². The van der Waals surface area contributed by atoms with Crippen molar-refractivity contribution >= 4 is 33.3 Å². The molecule has 0 amide bonds. The van der Waals surface area contributed by atoms with Gasteiger partial charge >= 0.3 is 0 Å². The standard InChI is InChI=1S/C14H23N5S/c1-4-7-9(5-2)16-12-11-8-10(6-3)20-13(11)18-14(17-12)19-15/h8-9H,4-7,15H2,1-3H3,(H2,16,17,18,19). The largest absolute Gasteiger partial charge is 0.367 e. The van der Waals surface area contributed by atoms with Crippen molar-refractivity contribution in [3.8, 4) is 0 Å². The minimum Gasteiger partial charge on any atom is -0.367 e. The van der Waals surface area contributed by atoms with E-state index in [9.17, 15) is 0 Å². The van der Waals surface area contributed by atoms with Gasteiger partial charge in [-0.1, -0.05) is 27.2 Å². The smallest absolute Gasteiger partial charge is 0.240 e. The fourth-order valence-electron chi connectivity index (χ4n) is 2.24. The van der Waals surface area contributed by atoms with Crippen molar-refractivity contribution in [1.29, 1.82) is 0 Å². The fraction of sp³-hybridized carbons (Fsp3) is 0.571. The molecule has 0 aliphatic carbocycles. The van der Waals surface area contributed by atoms with Crippen LogP contribution in [0.25, 0.3) is 10.2 Å². The van der Waals surface area contributed by atoms with Crippen molar-refractivity contribution in [2.24, 2.45) is 5.84 Å². The Kier molecular flexibility index (Phi) is 5.14. The lowest BCUT2D eigenvalue weighted by atomic mass is 10.1. The highest BCUT2D eigenvalue weighted by atomic mass is 32.1. The molecule has 0 fully saturated rings. The molecule has 1 atom stereocenters. The van der Waals surface area contributed by atoms with E-state index in [0.717, 1.165) is 41.7 Å². The fourth-order valence-corrected chi connectivity index (χ4v) is 3.21. The molecule has 0 bridgehead atoms. The maximum absolute atomic E-state index is 5.47. The second kappa shape index (κ2) is 6.85. The van der Waals surface area contributed by atoms with Crippen LogP contribution in [-0.2, 0) is 6.42 Å². The van der Waals surface area contributed by atoms with Crippen molar-refractivity contribution in [3.05, 3.63) is 10.9 Å². The van der Waals surface area contributed by atoms with Gasteiger partial charge in [0.25, 0.3) is 0 Å². The van der Waals surface area contributed by atoms with E-state index in [1.807, 2.05) is 0 Å². The normalized spacial score (nSPS) is 12.6. The average Bonchev–Trinajstić information content (AvgIpc) is 2.89. The Morgan fingerprint density at radius 1 is 1.30 bits per heavy atom. The molecular formula is C14H23N5S. The van der Waals surface area contributed by atoms with Crippen molar-refractivity contribution < 1.29 is 0 Å². The Morgan fingerprint density at radius 2 is 2.10 bits per heavy atom. The lowest BCUT2D eigenvalue weighted by Crippen LogP contribution is -2.20. The summed E-state index contributed by atoms with van der Waals surface area (Å²) in [6, 6.07) is 2.62. The first-order valence-electron chi connectivity index (χ1n) is 7.25. The summed E-state index contributed by atoms with van der Waals surface area (Å²) in [5.41, 5.74) is 2.55. The van der Waals surface area contributed by atoms with Crippen LogP contribution in [0, 0.1) is 0 Å². The van der Waals surface area contributed by atoms with Gasteiger partial charge in [0, 0.05) is 10.9 Å². The molecule has 110 valence electrons. The molecule has 0 aliphatic heterocycles. The van der Waals surface area contributed by atoms with Gasteiger partial charge in [-0.2, -0.15) is 4.98 Å². The number of nitrogens with zero attached hydrogens (tertiary/aromatic N) is 2. The van der Waals surface area contributed by atoms with E-state index >= 15 is 0 Å². The number of nitrogens with one attached hydrogen (secondary N) is 2. The molecule has 0 saturated carbocycles. The zero-order valence-corrected chi connectivity index (χ0v) is 13.2. The van der Waals surface area contributed by atoms with E-state index in [1.165, 1.54) is 4.88 Å². The molecule has 2 rings (SSSR count). The van der Waals surface area contributed by atoms with E-state index in [4.69, 9.17) is 5.84 Å². The summed E-state index contributed by atoms with van der Waals surface area (Å²) in [6.45, 7) is 6.55. The predicted molar refractivity (Wildman–Crippen MR) is 87.2 cm³/mol. The first-order valence-corrected chi connectivity index (χ1v) is 8.07. The van der Waals surface area contributed by atoms with Crippen molar-refractivity contribution in [2.45, 2.75) is 52.5 Å². The first-order chi connectivity index (χ1) is 9.71. The lowest BCUT2D eigenvalue weighted by Gasteiger charge is -2.17. The maximum Gasteiger partial charge on any atom is 0.240 e. The number of hydrogen-bond donors (Lipinski definition) is 3. The molecule has 6 heteroatoms. The number of hydrogen-bond acceptors (Lipinski definition) is 6. The molecule has 0 saturated heterocycles. The monoisotopic (exact) mass is 293 g/mol. The zero-order valence-electron chi connectivity index (χ0n) is 12.4. The summed E-state index contributed by atoms with van der Waals surface area (Å²) in [4.78, 5) is 11.2. The Hall–Kier alpha value is -1.40. The molecular weight excluding hydrogens is 270 g/mol. The average molecular weight is 293 g/mol. The summed E-state index contributed by atoms with van der Waals surface area (Å²) in [5.74, 6) is 6.83. The first kappa shape index (κ1) is 15.0. The molecule has 5 nitrogen and oxygen atoms in total. The van der Waals surface area contributed by atoms with Gasteiger partial charge in [-0.15, -0.1) is 11.3 Å². The number of nitrogens with two attached hydrogens (primary N) is 1. The van der Waals surface area contributed by atoms with Crippen LogP contribution in [0.2, 0.25) is 0 Å². The van der Waals surface area contributed by atoms with Gasteiger partial charge < -0.3 is 5.32 Å². The van der Waals surface area contributed by atoms with E-state index in [-0.39, 0.29) is 0 Å². The molecule has 1 unspecified atom stereocenters. The maximum atomic E-state index is 5.47. The van der Waals surface area contributed by atoms with E-state index in [0.29, 0.717) is 12.0 Å². The van der Waals surface area contributed by atoms with Gasteiger partial charge in [0.1, 0.15) is 10.6 Å². The molecule has 0 aromatic carbocycles. The van der Waals surface area contributed by atoms with Gasteiger partial charge in [-0.25, -0.2) is 10.8 Å². The quantitative estimate of drug-likeness (QED) is 0.538. The minimum atomic E-state index is 0.439. The van der Waals surface area contributed by atoms with Crippen LogP contribution in [0.4, 0.5) is 11.8 Å². The Bertz CT molecular complexity index is 566. The molecule has 20 heavy (non-hydrogen) atoms. The molecule has 4 N–H and O–H groups in total. The van der Waals surface area contributed by atoms with Gasteiger partial charge in [-0.3, -0.25) is 5.43 Å². The number of hydrazine groups is 1. The molecule has 0 spiro atoms. The molecule has 2 heterocycles. The van der Waals surface area contributed by atoms with Crippen LogP contribution < -0.4 is 16.6 Å². The van der Waals surface area contributed by atoms with Gasteiger partial charge in [0.05, 0.1) is 5.39 Å². The Labute approximate surface area is 124 Å². The van der Waals surface area contributed by atoms with E-state index < -0.39 is 0 Å². The van der Waals surface area contributed by atoms with Gasteiger partial charge in [0.15, 0.2) is 0 Å². The van der Waals surface area contributed by atoms with Crippen LogP contribution in [0.3, 0.4) is 0 Å². The topological polar surface area (TPSA) is 75.9 Å². The van der Waals surface area contributed by atoms with Crippen molar-refractivity contribution in [3.63, 3.8) is 0 Å². The lowest BCUT2D eigenvalue weighted by molar-refractivity contribution is 0.621. The van der Waals surface area contributed by atoms with E-state index in [2.05, 4.69) is 47.5 Å². The molecule has 0 radical (unpaired) electrons. The Morgan fingerprint density at radius 3 is 2.70 bits per heavy atom. The highest BCUT2D eigenvalue weighted by Crippen LogP contribution is 2.31. The third-order valence-corrected chi connectivity index (χ3v) is 4.57. The minimum absolute atomic E-state index is 0.439. The Balaban J connectivity index is 2.40. The van der Waals surface area contributed by atoms with Gasteiger partial charge in [-0.05, 0) is 25.3 Å². The third-order valence-electron chi connectivity index (χ3n) is 3.39. The number of fused-ring (bicyclic) bond motifs is 1. The second-order valence-electron chi connectivity index (χ2n) is 4.86. The van der Waals surface area contributed by atoms with E-state index in [1.54, 1.807) is 11.3 Å². The van der Waals surface area contributed by atoms with Gasteiger partial charge in [0.2, 0.25) is 5.95 Å². The third kappa shape index (κ3) is 3.19. The van der Waals surface area contributed by atoms with Crippen LogP contribution in [0.15, 0.2) is 6.07 Å². The number of aryl methyl sites for hydroxylation is 1. The highest BCUT2D eigenvalue weighted by molar-refractivity contribution is 7.18. The molecule has 0 aliphatic rings. The number of rotatable bonds is 7. The number of anilines is 2. The van der Waals surface area contributed by atoms with Crippen molar-refractivity contribution in [1.82, 2.24) is 9.97 Å². The highest BCUT2D eigenvalue weighted by Gasteiger charge is 2.13. The summed E-state index contributed by atoms with van der Waals surface area (Å²) >= 11 is 1.70. The molecule has 2 aromatic rings. The van der Waals surface area contributed by atoms with Crippen LogP contribution in [0.1, 0.15) is 44.9 Å².